The molecule has 0 aliphatic carbocycles. The molecule has 1 amide bonds. The number of fused-ring (bicyclic) bond motifs is 2. The van der Waals surface area contributed by atoms with Gasteiger partial charge in [0.15, 0.2) is 5.82 Å². The van der Waals surface area contributed by atoms with Gasteiger partial charge in [-0.2, -0.15) is 4.98 Å². The molecular weight excluding hydrogens is 288 g/mol. The molecule has 108 valence electrons. The number of benzene rings is 1. The minimum atomic E-state index is -0.163. The summed E-state index contributed by atoms with van der Waals surface area (Å²) in [6, 6.07) is 7.66. The van der Waals surface area contributed by atoms with Crippen LogP contribution >= 0.6 is 11.6 Å². The van der Waals surface area contributed by atoms with Crippen LogP contribution in [0.5, 0.6) is 0 Å². The average molecular weight is 303 g/mol. The summed E-state index contributed by atoms with van der Waals surface area (Å²) >= 11 is 5.95. The summed E-state index contributed by atoms with van der Waals surface area (Å²) in [6.45, 7) is 4.18. The van der Waals surface area contributed by atoms with Gasteiger partial charge in [0.25, 0.3) is 5.91 Å². The van der Waals surface area contributed by atoms with Gasteiger partial charge in [-0.1, -0.05) is 19.1 Å². The number of carbonyl (C=O) groups excluding carboxylic acids is 1. The van der Waals surface area contributed by atoms with E-state index in [0.717, 1.165) is 12.1 Å². The average Bonchev–Trinajstić information content (AvgIpc) is 2.61. The minimum absolute atomic E-state index is 0.163. The van der Waals surface area contributed by atoms with Crippen LogP contribution in [0.1, 0.15) is 30.6 Å². The van der Waals surface area contributed by atoms with Gasteiger partial charge in [-0.3, -0.25) is 4.79 Å². The number of para-hydroxylation sites is 1. The number of carbonyl (C=O) groups is 1. The molecule has 0 saturated heterocycles. The second-order valence-corrected chi connectivity index (χ2v) is 5.31. The number of nitrogens with zero attached hydrogens (tertiary/aromatic N) is 3. The van der Waals surface area contributed by atoms with Gasteiger partial charge < -0.3 is 10.2 Å². The fraction of sp³-hybridized carbons (Fsp3) is 0.267. The Morgan fingerprint density at radius 2 is 2.14 bits per heavy atom. The molecule has 0 saturated carbocycles. The highest BCUT2D eigenvalue weighted by Crippen LogP contribution is 2.38. The summed E-state index contributed by atoms with van der Waals surface area (Å²) in [6.07, 6.45) is 2.45. The highest BCUT2D eigenvalue weighted by Gasteiger charge is 2.29. The van der Waals surface area contributed by atoms with Gasteiger partial charge in [-0.15, -0.1) is 0 Å². The highest BCUT2D eigenvalue weighted by atomic mass is 35.5. The lowest BCUT2D eigenvalue weighted by Crippen LogP contribution is -2.29. The van der Waals surface area contributed by atoms with Gasteiger partial charge in [-0.05, 0) is 37.1 Å². The van der Waals surface area contributed by atoms with E-state index in [1.165, 1.54) is 0 Å². The summed E-state index contributed by atoms with van der Waals surface area (Å²) in [7, 11) is 0. The maximum Gasteiger partial charge on any atom is 0.257 e. The zero-order valence-corrected chi connectivity index (χ0v) is 12.6. The number of rotatable bonds is 2. The second-order valence-electron chi connectivity index (χ2n) is 4.97. The summed E-state index contributed by atoms with van der Waals surface area (Å²) < 4.78 is 0. The van der Waals surface area contributed by atoms with Gasteiger partial charge in [0.2, 0.25) is 5.28 Å². The molecule has 1 aromatic carbocycles. The maximum absolute atomic E-state index is 12.4. The third-order valence-corrected chi connectivity index (χ3v) is 3.84. The summed E-state index contributed by atoms with van der Waals surface area (Å²) in [5, 5.41) is 3.01. The van der Waals surface area contributed by atoms with Crippen molar-refractivity contribution in [3.63, 3.8) is 0 Å². The summed E-state index contributed by atoms with van der Waals surface area (Å²) in [5.41, 5.74) is 2.02. The van der Waals surface area contributed by atoms with E-state index < -0.39 is 0 Å². The molecular formula is C15H15ClN4O. The van der Waals surface area contributed by atoms with Crippen LogP contribution in [-0.4, -0.2) is 21.9 Å². The van der Waals surface area contributed by atoms with Crippen LogP contribution in [0.15, 0.2) is 30.5 Å². The van der Waals surface area contributed by atoms with Crippen LogP contribution in [0, 0.1) is 0 Å². The standard InChI is InChI=1S/C15H15ClN4O/c1-3-9(2)20-12-7-5-4-6-10(12)14(21)18-11-8-17-15(16)19-13(11)20/h4-9H,3H2,1-2H3,(H,18,21). The molecule has 1 aromatic heterocycles. The molecule has 0 radical (unpaired) electrons. The first-order chi connectivity index (χ1) is 10.1. The number of halogens is 1. The van der Waals surface area contributed by atoms with E-state index in [1.807, 2.05) is 23.1 Å². The number of amides is 1. The molecule has 21 heavy (non-hydrogen) atoms. The number of aromatic nitrogens is 2. The van der Waals surface area contributed by atoms with Gasteiger partial charge in [0.05, 0.1) is 17.4 Å². The molecule has 1 aliphatic heterocycles. The number of hydrogen-bond donors (Lipinski definition) is 1. The van der Waals surface area contributed by atoms with Gasteiger partial charge in [0.1, 0.15) is 5.69 Å². The summed E-state index contributed by atoms with van der Waals surface area (Å²) in [5.74, 6) is 0.464. The van der Waals surface area contributed by atoms with Crippen LogP contribution in [0.2, 0.25) is 5.28 Å². The fourth-order valence-electron chi connectivity index (χ4n) is 2.43. The molecule has 1 unspecified atom stereocenters. The van der Waals surface area contributed by atoms with Crippen molar-refractivity contribution in [2.24, 2.45) is 0 Å². The van der Waals surface area contributed by atoms with Crippen LogP contribution in [0.4, 0.5) is 17.2 Å². The second kappa shape index (κ2) is 5.33. The van der Waals surface area contributed by atoms with Crippen molar-refractivity contribution in [1.82, 2.24) is 9.97 Å². The van der Waals surface area contributed by atoms with E-state index in [1.54, 1.807) is 12.3 Å². The van der Waals surface area contributed by atoms with Crippen LogP contribution in [0.3, 0.4) is 0 Å². The van der Waals surface area contributed by atoms with E-state index in [9.17, 15) is 4.79 Å². The number of hydrogen-bond acceptors (Lipinski definition) is 4. The molecule has 3 rings (SSSR count). The monoisotopic (exact) mass is 302 g/mol. The third kappa shape index (κ3) is 2.34. The summed E-state index contributed by atoms with van der Waals surface area (Å²) in [4.78, 5) is 22.7. The Balaban J connectivity index is 2.28. The zero-order chi connectivity index (χ0) is 15.0. The number of nitrogens with one attached hydrogen (secondary N) is 1. The van der Waals surface area contributed by atoms with Crippen LogP contribution in [0.25, 0.3) is 0 Å². The fourth-order valence-corrected chi connectivity index (χ4v) is 2.56. The Morgan fingerprint density at radius 3 is 2.90 bits per heavy atom. The molecule has 1 aliphatic rings. The first kappa shape index (κ1) is 13.8. The van der Waals surface area contributed by atoms with E-state index in [4.69, 9.17) is 11.6 Å². The maximum atomic E-state index is 12.4. The first-order valence-electron chi connectivity index (χ1n) is 6.84. The minimum Gasteiger partial charge on any atom is -0.321 e. The predicted molar refractivity (Wildman–Crippen MR) is 83.3 cm³/mol. The molecule has 1 N–H and O–H groups in total. The van der Waals surface area contributed by atoms with Crippen molar-refractivity contribution in [2.45, 2.75) is 26.3 Å². The normalized spacial score (nSPS) is 14.8. The van der Waals surface area contributed by atoms with Gasteiger partial charge >= 0.3 is 0 Å². The molecule has 0 spiro atoms. The van der Waals surface area contributed by atoms with E-state index >= 15 is 0 Å². The molecule has 2 heterocycles. The van der Waals surface area contributed by atoms with Crippen molar-refractivity contribution < 1.29 is 4.79 Å². The lowest BCUT2D eigenvalue weighted by Gasteiger charge is -2.30. The molecule has 0 bridgehead atoms. The Labute approximate surface area is 128 Å². The SMILES string of the molecule is CCC(C)N1c2ccccc2C(=O)Nc2cnc(Cl)nc21. The highest BCUT2D eigenvalue weighted by molar-refractivity contribution is 6.28. The van der Waals surface area contributed by atoms with Crippen molar-refractivity contribution in [2.75, 3.05) is 10.2 Å². The quantitative estimate of drug-likeness (QED) is 0.861. The van der Waals surface area contributed by atoms with E-state index in [0.29, 0.717) is 17.1 Å². The Bertz CT molecular complexity index is 704. The molecule has 2 aromatic rings. The lowest BCUT2D eigenvalue weighted by atomic mass is 10.1. The first-order valence-corrected chi connectivity index (χ1v) is 7.21. The Morgan fingerprint density at radius 1 is 1.38 bits per heavy atom. The largest absolute Gasteiger partial charge is 0.321 e. The molecule has 1 atom stereocenters. The lowest BCUT2D eigenvalue weighted by molar-refractivity contribution is 0.102. The Kier molecular flexibility index (Phi) is 3.51. The predicted octanol–water partition coefficient (Wildman–Crippen LogP) is 3.63. The van der Waals surface area contributed by atoms with E-state index in [2.05, 4.69) is 29.1 Å². The molecule has 6 heteroatoms. The van der Waals surface area contributed by atoms with Crippen molar-refractivity contribution in [3.8, 4) is 0 Å². The van der Waals surface area contributed by atoms with Crippen LogP contribution < -0.4 is 10.2 Å². The van der Waals surface area contributed by atoms with Crippen molar-refractivity contribution >= 4 is 34.7 Å². The third-order valence-electron chi connectivity index (χ3n) is 3.66. The van der Waals surface area contributed by atoms with Gasteiger partial charge in [0, 0.05) is 6.04 Å². The smallest absolute Gasteiger partial charge is 0.257 e. The molecule has 0 fully saturated rings. The molecule has 5 nitrogen and oxygen atoms in total. The Hall–Kier alpha value is -2.14. The number of anilines is 3. The topological polar surface area (TPSA) is 58.1 Å². The van der Waals surface area contributed by atoms with Crippen molar-refractivity contribution in [1.29, 1.82) is 0 Å². The van der Waals surface area contributed by atoms with E-state index in [-0.39, 0.29) is 17.2 Å². The van der Waals surface area contributed by atoms with Crippen LogP contribution in [-0.2, 0) is 0 Å². The van der Waals surface area contributed by atoms with Gasteiger partial charge in [-0.25, -0.2) is 4.98 Å². The zero-order valence-electron chi connectivity index (χ0n) is 11.8. The van der Waals surface area contributed by atoms with Crippen molar-refractivity contribution in [3.05, 3.63) is 41.3 Å².